The molecule has 0 spiro atoms. The van der Waals surface area contributed by atoms with Crippen LogP contribution in [0.15, 0.2) is 30.7 Å². The molecule has 7 nitrogen and oxygen atoms in total. The molecule has 0 unspecified atom stereocenters. The molecule has 0 aromatic carbocycles. The van der Waals surface area contributed by atoms with E-state index in [4.69, 9.17) is 11.6 Å². The lowest BCUT2D eigenvalue weighted by atomic mass is 10.1. The number of pyridine rings is 1. The van der Waals surface area contributed by atoms with Gasteiger partial charge in [0.15, 0.2) is 5.15 Å². The normalized spacial score (nSPS) is 17.8. The summed E-state index contributed by atoms with van der Waals surface area (Å²) in [5.41, 5.74) is 1.58. The number of urea groups is 1. The fourth-order valence-electron chi connectivity index (χ4n) is 2.72. The van der Waals surface area contributed by atoms with Gasteiger partial charge in [-0.05, 0) is 25.0 Å². The molecule has 2 aromatic rings. The number of halogens is 1. The van der Waals surface area contributed by atoms with Crippen LogP contribution in [-0.4, -0.2) is 39.9 Å². The third-order valence-corrected chi connectivity index (χ3v) is 4.12. The number of aromatic nitrogens is 3. The van der Waals surface area contributed by atoms with E-state index in [1.54, 1.807) is 23.0 Å². The number of nitrogens with one attached hydrogen (secondary N) is 2. The standard InChI is InChI=1S/C15H19ClN6O/c1-21-10-12(8-18-21)22-7-3-4-11(9-22)19-15(23)20-13-5-2-6-17-14(13)16/h2,5-6,8,10-11H,3-4,7,9H2,1H3,(H2,19,20,23)/t11-/m1/s1. The van der Waals surface area contributed by atoms with Crippen LogP contribution in [0.5, 0.6) is 0 Å². The Balaban J connectivity index is 1.57. The lowest BCUT2D eigenvalue weighted by Gasteiger charge is -2.33. The first-order chi connectivity index (χ1) is 11.1. The van der Waals surface area contributed by atoms with Crippen molar-refractivity contribution in [1.29, 1.82) is 0 Å². The number of rotatable bonds is 3. The molecule has 0 bridgehead atoms. The summed E-state index contributed by atoms with van der Waals surface area (Å²) in [6.07, 6.45) is 7.38. The molecular weight excluding hydrogens is 316 g/mol. The Labute approximate surface area is 139 Å². The van der Waals surface area contributed by atoms with E-state index in [2.05, 4.69) is 25.6 Å². The molecule has 0 radical (unpaired) electrons. The molecule has 1 saturated heterocycles. The molecule has 3 rings (SSSR count). The molecule has 1 atom stereocenters. The molecule has 1 fully saturated rings. The number of anilines is 2. The zero-order valence-electron chi connectivity index (χ0n) is 12.9. The number of amides is 2. The summed E-state index contributed by atoms with van der Waals surface area (Å²) in [6.45, 7) is 1.74. The van der Waals surface area contributed by atoms with Crippen molar-refractivity contribution in [2.45, 2.75) is 18.9 Å². The van der Waals surface area contributed by atoms with Crippen molar-refractivity contribution < 1.29 is 4.79 Å². The van der Waals surface area contributed by atoms with E-state index in [1.807, 2.05) is 19.4 Å². The minimum Gasteiger partial charge on any atom is -0.367 e. The summed E-state index contributed by atoms with van der Waals surface area (Å²) in [5.74, 6) is 0. The van der Waals surface area contributed by atoms with Crippen molar-refractivity contribution in [3.8, 4) is 0 Å². The van der Waals surface area contributed by atoms with Crippen molar-refractivity contribution in [2.24, 2.45) is 7.05 Å². The lowest BCUT2D eigenvalue weighted by Crippen LogP contribution is -2.49. The van der Waals surface area contributed by atoms with E-state index in [0.717, 1.165) is 31.6 Å². The topological polar surface area (TPSA) is 75.1 Å². The maximum Gasteiger partial charge on any atom is 0.319 e. The van der Waals surface area contributed by atoms with Gasteiger partial charge in [0.05, 0.1) is 17.6 Å². The van der Waals surface area contributed by atoms with Gasteiger partial charge in [0.2, 0.25) is 0 Å². The van der Waals surface area contributed by atoms with Crippen molar-refractivity contribution in [1.82, 2.24) is 20.1 Å². The van der Waals surface area contributed by atoms with Crippen LogP contribution < -0.4 is 15.5 Å². The van der Waals surface area contributed by atoms with Crippen LogP contribution in [0.4, 0.5) is 16.2 Å². The number of carbonyl (C=O) groups excluding carboxylic acids is 1. The summed E-state index contributed by atoms with van der Waals surface area (Å²) in [4.78, 5) is 18.3. The van der Waals surface area contributed by atoms with Gasteiger partial charge in [-0.1, -0.05) is 11.6 Å². The minimum atomic E-state index is -0.266. The van der Waals surface area contributed by atoms with Crippen molar-refractivity contribution >= 4 is 29.0 Å². The van der Waals surface area contributed by atoms with Crippen LogP contribution >= 0.6 is 11.6 Å². The van der Waals surface area contributed by atoms with Gasteiger partial charge in [-0.15, -0.1) is 0 Å². The molecule has 2 N–H and O–H groups in total. The highest BCUT2D eigenvalue weighted by Gasteiger charge is 2.22. The van der Waals surface area contributed by atoms with Crippen LogP contribution in [0.3, 0.4) is 0 Å². The highest BCUT2D eigenvalue weighted by atomic mass is 35.5. The average Bonchev–Trinajstić information content (AvgIpc) is 2.96. The Morgan fingerprint density at radius 3 is 3.09 bits per heavy atom. The third-order valence-electron chi connectivity index (χ3n) is 3.82. The van der Waals surface area contributed by atoms with Gasteiger partial charge in [0, 0.05) is 38.6 Å². The third kappa shape index (κ3) is 3.92. The van der Waals surface area contributed by atoms with E-state index in [-0.39, 0.29) is 17.2 Å². The Morgan fingerprint density at radius 2 is 2.35 bits per heavy atom. The number of aryl methyl sites for hydroxylation is 1. The van der Waals surface area contributed by atoms with Gasteiger partial charge in [-0.2, -0.15) is 5.10 Å². The first-order valence-corrected chi connectivity index (χ1v) is 7.91. The fourth-order valence-corrected chi connectivity index (χ4v) is 2.89. The maximum absolute atomic E-state index is 12.1. The Morgan fingerprint density at radius 1 is 1.48 bits per heavy atom. The SMILES string of the molecule is Cn1cc(N2CCC[C@@H](NC(=O)Nc3cccnc3Cl)C2)cn1. The summed E-state index contributed by atoms with van der Waals surface area (Å²) in [7, 11) is 1.90. The molecule has 2 amide bonds. The highest BCUT2D eigenvalue weighted by molar-refractivity contribution is 6.32. The van der Waals surface area contributed by atoms with Gasteiger partial charge in [0.1, 0.15) is 0 Å². The van der Waals surface area contributed by atoms with E-state index >= 15 is 0 Å². The van der Waals surface area contributed by atoms with Crippen molar-refractivity contribution in [2.75, 3.05) is 23.3 Å². The predicted octanol–water partition coefficient (Wildman–Crippen LogP) is 2.26. The van der Waals surface area contributed by atoms with Gasteiger partial charge in [-0.3, -0.25) is 4.68 Å². The monoisotopic (exact) mass is 334 g/mol. The first kappa shape index (κ1) is 15.6. The highest BCUT2D eigenvalue weighted by Crippen LogP contribution is 2.20. The first-order valence-electron chi connectivity index (χ1n) is 7.53. The van der Waals surface area contributed by atoms with Gasteiger partial charge in [-0.25, -0.2) is 9.78 Å². The maximum atomic E-state index is 12.1. The van der Waals surface area contributed by atoms with E-state index in [1.165, 1.54) is 0 Å². The lowest BCUT2D eigenvalue weighted by molar-refractivity contribution is 0.246. The van der Waals surface area contributed by atoms with E-state index < -0.39 is 0 Å². The Bertz CT molecular complexity index is 688. The smallest absolute Gasteiger partial charge is 0.319 e. The second-order valence-corrected chi connectivity index (χ2v) is 5.96. The summed E-state index contributed by atoms with van der Waals surface area (Å²) in [6, 6.07) is 3.27. The number of hydrogen-bond donors (Lipinski definition) is 2. The van der Waals surface area contributed by atoms with Crippen LogP contribution in [0.25, 0.3) is 0 Å². The van der Waals surface area contributed by atoms with Gasteiger partial charge in [0.25, 0.3) is 0 Å². The number of piperidine rings is 1. The van der Waals surface area contributed by atoms with E-state index in [9.17, 15) is 4.79 Å². The zero-order chi connectivity index (χ0) is 16.2. The van der Waals surface area contributed by atoms with Crippen molar-refractivity contribution in [3.63, 3.8) is 0 Å². The second kappa shape index (κ2) is 6.87. The van der Waals surface area contributed by atoms with Crippen LogP contribution in [0, 0.1) is 0 Å². The molecule has 122 valence electrons. The molecular formula is C15H19ClN6O. The predicted molar refractivity (Wildman–Crippen MR) is 89.8 cm³/mol. The summed E-state index contributed by atoms with van der Waals surface area (Å²) >= 11 is 5.95. The van der Waals surface area contributed by atoms with Gasteiger partial charge < -0.3 is 15.5 Å². The quantitative estimate of drug-likeness (QED) is 0.844. The molecule has 0 saturated carbocycles. The molecule has 1 aliphatic heterocycles. The van der Waals surface area contributed by atoms with Crippen LogP contribution in [-0.2, 0) is 7.05 Å². The molecule has 1 aliphatic rings. The number of nitrogens with zero attached hydrogens (tertiary/aromatic N) is 4. The summed E-state index contributed by atoms with van der Waals surface area (Å²) < 4.78 is 1.78. The molecule has 0 aliphatic carbocycles. The average molecular weight is 335 g/mol. The Hall–Kier alpha value is -2.28. The van der Waals surface area contributed by atoms with Crippen molar-refractivity contribution in [3.05, 3.63) is 35.9 Å². The van der Waals surface area contributed by atoms with Crippen LogP contribution in [0.1, 0.15) is 12.8 Å². The summed E-state index contributed by atoms with van der Waals surface area (Å²) in [5, 5.41) is 10.2. The molecule has 3 heterocycles. The number of hydrogen-bond acceptors (Lipinski definition) is 4. The van der Waals surface area contributed by atoms with Crippen LogP contribution in [0.2, 0.25) is 5.15 Å². The van der Waals surface area contributed by atoms with Gasteiger partial charge >= 0.3 is 6.03 Å². The zero-order valence-corrected chi connectivity index (χ0v) is 13.6. The second-order valence-electron chi connectivity index (χ2n) is 5.60. The van der Waals surface area contributed by atoms with E-state index in [0.29, 0.717) is 5.69 Å². The molecule has 23 heavy (non-hydrogen) atoms. The largest absolute Gasteiger partial charge is 0.367 e. The Kier molecular flexibility index (Phi) is 4.66. The fraction of sp³-hybridized carbons (Fsp3) is 0.400. The molecule has 8 heteroatoms. The minimum absolute atomic E-state index is 0.0828. The number of carbonyl (C=O) groups is 1. The molecule has 2 aromatic heterocycles.